The summed E-state index contributed by atoms with van der Waals surface area (Å²) >= 11 is 4.24. The number of rotatable bonds is 15. The summed E-state index contributed by atoms with van der Waals surface area (Å²) in [6.07, 6.45) is 3.22. The largest absolute Gasteiger partial charge is 0.357 e. The molecule has 15 heteroatoms. The summed E-state index contributed by atoms with van der Waals surface area (Å²) in [6, 6.07) is -0.419. The van der Waals surface area contributed by atoms with Crippen LogP contribution in [0.5, 0.6) is 0 Å². The Morgan fingerprint density at radius 2 is 1.51 bits per heavy atom. The smallest absolute Gasteiger partial charge is 0.315 e. The molecule has 1 aliphatic heterocycles. The SMILES string of the molecule is C=CCCNC(=O)C=O.CC.CC.CC(C)NC=O.CC1CCCN1C(=O)C(NC(=O)NC(CNCCN(C)S)C(C)(C)C)C(C)(C)C.CCC(F)F. The van der Waals surface area contributed by atoms with Crippen LogP contribution in [0, 0.1) is 10.8 Å². The van der Waals surface area contributed by atoms with Crippen LogP contribution in [0.2, 0.25) is 0 Å². The van der Waals surface area contributed by atoms with Crippen LogP contribution in [0.3, 0.4) is 0 Å². The Balaban J connectivity index is -0.000000259. The van der Waals surface area contributed by atoms with E-state index in [1.807, 2.05) is 78.6 Å². The average Bonchev–Trinajstić information content (AvgIpc) is 3.51. The molecule has 5 N–H and O–H groups in total. The lowest BCUT2D eigenvalue weighted by molar-refractivity contribution is -0.136. The van der Waals surface area contributed by atoms with E-state index in [1.165, 1.54) is 6.92 Å². The highest BCUT2D eigenvalue weighted by Gasteiger charge is 2.39. The molecule has 0 aromatic rings. The second kappa shape index (κ2) is 36.2. The second-order valence-corrected chi connectivity index (χ2v) is 14.9. The standard InChI is InChI=1S/C21H43N5O2S.C6H9NO2.C4H9NO.C3H6F2.2C2H6/c1-15-10-9-12-26(15)18(27)17(21(5,6)7)24-19(28)23-16(20(2,3)4)14-22-11-13-25(8)29;1-2-3-4-7-6(9)5-8;1-4(2)5-3-6;1-2-3(4)5;2*1-2/h15-17,22,29H,9-14H2,1-8H3,(H2,23,24,28);2,5H,1,3-4H2,(H,7,9);3-4H,1-2H3,(H,5,6);3H,2H2,1H3;2*1-2H3. The first kappa shape index (κ1) is 59.5. The number of urea groups is 1. The molecule has 1 heterocycles. The summed E-state index contributed by atoms with van der Waals surface area (Å²) < 4.78 is 23.3. The Hall–Kier alpha value is -2.78. The van der Waals surface area contributed by atoms with E-state index in [0.717, 1.165) is 32.5 Å². The molecule has 0 aromatic heterocycles. The molecule has 3 unspecified atom stereocenters. The number of alkyl halides is 2. The molecular weight excluding hydrogens is 705 g/mol. The summed E-state index contributed by atoms with van der Waals surface area (Å²) in [5.41, 5.74) is -0.495. The first-order valence-corrected chi connectivity index (χ1v) is 19.3. The van der Waals surface area contributed by atoms with Gasteiger partial charge in [-0.05, 0) is 57.9 Å². The van der Waals surface area contributed by atoms with Gasteiger partial charge in [0, 0.05) is 57.3 Å². The van der Waals surface area contributed by atoms with Crippen LogP contribution in [-0.2, 0) is 19.2 Å². The monoisotopic (exact) mass is 784 g/mol. The quantitative estimate of drug-likeness (QED) is 0.0379. The van der Waals surface area contributed by atoms with Crippen LogP contribution in [0.15, 0.2) is 12.7 Å². The van der Waals surface area contributed by atoms with E-state index in [9.17, 15) is 32.8 Å². The predicted octanol–water partition coefficient (Wildman–Crippen LogP) is 6.22. The molecule has 0 spiro atoms. The fraction of sp³-hybridized carbons (Fsp3) is 0.816. The molecule has 1 saturated heterocycles. The van der Waals surface area contributed by atoms with E-state index in [0.29, 0.717) is 25.9 Å². The first-order chi connectivity index (χ1) is 24.6. The van der Waals surface area contributed by atoms with Crippen molar-refractivity contribution in [3.05, 3.63) is 12.7 Å². The van der Waals surface area contributed by atoms with Crippen LogP contribution < -0.4 is 26.6 Å². The number of likely N-dealkylation sites (tertiary alicyclic amines) is 1. The van der Waals surface area contributed by atoms with E-state index in [1.54, 1.807) is 6.08 Å². The number of aldehydes is 1. The predicted molar refractivity (Wildman–Crippen MR) is 220 cm³/mol. The van der Waals surface area contributed by atoms with Gasteiger partial charge in [-0.3, -0.25) is 23.5 Å². The van der Waals surface area contributed by atoms with Crippen molar-refractivity contribution in [1.82, 2.24) is 35.8 Å². The molecule has 316 valence electrons. The van der Waals surface area contributed by atoms with Crippen LogP contribution in [-0.4, -0.2) is 110 Å². The lowest BCUT2D eigenvalue weighted by atomic mass is 9.85. The van der Waals surface area contributed by atoms with Gasteiger partial charge in [-0.1, -0.05) is 95.1 Å². The van der Waals surface area contributed by atoms with Gasteiger partial charge in [0.1, 0.15) is 6.04 Å². The van der Waals surface area contributed by atoms with Crippen molar-refractivity contribution >= 4 is 43.4 Å². The number of likely N-dealkylation sites (N-methyl/N-ethyl adjacent to an activating group) is 1. The maximum absolute atomic E-state index is 13.2. The Morgan fingerprint density at radius 3 is 1.83 bits per heavy atom. The Kier molecular flexibility index (Phi) is 40.6. The van der Waals surface area contributed by atoms with Crippen molar-refractivity contribution in [2.75, 3.05) is 39.8 Å². The number of nitrogens with one attached hydrogen (secondary N) is 5. The zero-order valence-electron chi connectivity index (χ0n) is 35.8. The topological polar surface area (TPSA) is 152 Å². The lowest BCUT2D eigenvalue weighted by Gasteiger charge is -2.37. The van der Waals surface area contributed by atoms with Gasteiger partial charge in [0.05, 0.1) is 0 Å². The third-order valence-electron chi connectivity index (χ3n) is 7.00. The minimum atomic E-state index is -2.12. The highest BCUT2D eigenvalue weighted by molar-refractivity contribution is 7.77. The number of carbonyl (C=O) groups is 5. The van der Waals surface area contributed by atoms with Gasteiger partial charge in [0.15, 0.2) is 0 Å². The highest BCUT2D eigenvalue weighted by Crippen LogP contribution is 2.26. The Labute approximate surface area is 327 Å². The van der Waals surface area contributed by atoms with Crippen molar-refractivity contribution in [1.29, 1.82) is 0 Å². The number of hydrogen-bond donors (Lipinski definition) is 6. The molecule has 0 aromatic carbocycles. The number of nitrogens with zero attached hydrogens (tertiary/aromatic N) is 2. The molecule has 12 nitrogen and oxygen atoms in total. The van der Waals surface area contributed by atoms with E-state index < -0.39 is 18.4 Å². The van der Waals surface area contributed by atoms with Gasteiger partial charge in [-0.15, -0.1) is 6.58 Å². The molecule has 0 saturated carbocycles. The van der Waals surface area contributed by atoms with Gasteiger partial charge in [0.25, 0.3) is 5.91 Å². The normalized spacial score (nSPS) is 14.4. The van der Waals surface area contributed by atoms with E-state index in [4.69, 9.17) is 0 Å². The molecule has 1 rings (SSSR count). The van der Waals surface area contributed by atoms with Crippen LogP contribution in [0.25, 0.3) is 0 Å². The van der Waals surface area contributed by atoms with Gasteiger partial charge in [-0.25, -0.2) is 13.6 Å². The molecule has 3 atom stereocenters. The van der Waals surface area contributed by atoms with Gasteiger partial charge >= 0.3 is 6.03 Å². The fourth-order valence-electron chi connectivity index (χ4n) is 3.94. The molecule has 1 aliphatic rings. The summed E-state index contributed by atoms with van der Waals surface area (Å²) in [6.45, 7) is 34.6. The fourth-order valence-corrected chi connectivity index (χ4v) is 4.04. The third-order valence-corrected chi connectivity index (χ3v) is 7.20. The Bertz CT molecular complexity index is 947. The molecule has 53 heavy (non-hydrogen) atoms. The summed E-state index contributed by atoms with van der Waals surface area (Å²) in [5, 5.41) is 14.3. The summed E-state index contributed by atoms with van der Waals surface area (Å²) in [5.74, 6) is -0.559. The molecule has 5 amide bonds. The molecular formula is C38H79F2N7O5S. The van der Waals surface area contributed by atoms with Gasteiger partial charge < -0.3 is 31.5 Å². The van der Waals surface area contributed by atoms with Crippen molar-refractivity contribution in [2.24, 2.45) is 10.8 Å². The zero-order chi connectivity index (χ0) is 42.8. The number of carbonyl (C=O) groups excluding carboxylic acids is 5. The van der Waals surface area contributed by atoms with Crippen molar-refractivity contribution in [3.63, 3.8) is 0 Å². The van der Waals surface area contributed by atoms with Crippen LogP contribution >= 0.6 is 12.8 Å². The van der Waals surface area contributed by atoms with E-state index in [-0.39, 0.29) is 53.6 Å². The molecule has 0 radical (unpaired) electrons. The van der Waals surface area contributed by atoms with E-state index >= 15 is 0 Å². The average molecular weight is 784 g/mol. The first-order valence-electron chi connectivity index (χ1n) is 18.9. The minimum absolute atomic E-state index is 0.0138. The molecule has 1 fully saturated rings. The summed E-state index contributed by atoms with van der Waals surface area (Å²) in [4.78, 5) is 57.3. The minimum Gasteiger partial charge on any atom is -0.357 e. The number of thiol groups is 1. The highest BCUT2D eigenvalue weighted by atomic mass is 32.1. The van der Waals surface area contributed by atoms with E-state index in [2.05, 4.69) is 73.7 Å². The van der Waals surface area contributed by atoms with Gasteiger partial charge in [0.2, 0.25) is 25.0 Å². The molecule has 0 bridgehead atoms. The van der Waals surface area contributed by atoms with Crippen molar-refractivity contribution in [3.8, 4) is 0 Å². The third kappa shape index (κ3) is 37.3. The maximum atomic E-state index is 13.2. The lowest BCUT2D eigenvalue weighted by Crippen LogP contribution is -2.60. The van der Waals surface area contributed by atoms with Crippen molar-refractivity contribution in [2.45, 2.75) is 153 Å². The number of halogens is 2. The van der Waals surface area contributed by atoms with Crippen molar-refractivity contribution < 1.29 is 32.8 Å². The molecule has 0 aliphatic carbocycles. The number of hydrogen-bond acceptors (Lipinski definition) is 8. The van der Waals surface area contributed by atoms with Crippen LogP contribution in [0.1, 0.15) is 123 Å². The Morgan fingerprint density at radius 1 is 0.981 bits per heavy atom. The summed E-state index contributed by atoms with van der Waals surface area (Å²) in [7, 11) is 1.91. The van der Waals surface area contributed by atoms with Gasteiger partial charge in [-0.2, -0.15) is 0 Å². The second-order valence-electron chi connectivity index (χ2n) is 14.2. The zero-order valence-corrected chi connectivity index (χ0v) is 36.7. The van der Waals surface area contributed by atoms with Crippen LogP contribution in [0.4, 0.5) is 13.6 Å². The maximum Gasteiger partial charge on any atom is 0.315 e. The number of amides is 5.